The number of nitrogen functional groups attached to an aromatic ring is 1. The van der Waals surface area contributed by atoms with E-state index < -0.39 is 11.6 Å². The fourth-order valence-corrected chi connectivity index (χ4v) is 2.14. The second-order valence-corrected chi connectivity index (χ2v) is 4.96. The highest BCUT2D eigenvalue weighted by Crippen LogP contribution is 2.34. The third-order valence-electron chi connectivity index (χ3n) is 3.06. The molecule has 22 heavy (non-hydrogen) atoms. The van der Waals surface area contributed by atoms with Crippen LogP contribution in [0.1, 0.15) is 13.8 Å². The number of hydrogen-bond acceptors (Lipinski definition) is 5. The van der Waals surface area contributed by atoms with Gasteiger partial charge in [-0.2, -0.15) is 9.49 Å². The third kappa shape index (κ3) is 2.22. The van der Waals surface area contributed by atoms with Crippen molar-refractivity contribution >= 4 is 16.9 Å². The number of fused-ring (bicyclic) bond motifs is 1. The molecule has 0 amide bonds. The Morgan fingerprint density at radius 2 is 1.95 bits per heavy atom. The highest BCUT2D eigenvalue weighted by Gasteiger charge is 2.21. The average molecular weight is 305 g/mol. The molecule has 0 bridgehead atoms. The predicted molar refractivity (Wildman–Crippen MR) is 77.2 cm³/mol. The van der Waals surface area contributed by atoms with Gasteiger partial charge in [-0.1, -0.05) is 0 Å². The van der Waals surface area contributed by atoms with E-state index in [1.807, 2.05) is 0 Å². The Hall–Kier alpha value is -2.77. The molecular formula is C14H13F2N5O. The number of ether oxygens (including phenoxy) is 1. The number of benzene rings is 1. The van der Waals surface area contributed by atoms with Crippen molar-refractivity contribution in [2.45, 2.75) is 20.0 Å². The quantitative estimate of drug-likeness (QED) is 0.776. The molecule has 8 heteroatoms. The summed E-state index contributed by atoms with van der Waals surface area (Å²) in [5.74, 6) is -2.13. The van der Waals surface area contributed by atoms with Crippen LogP contribution in [0.2, 0.25) is 0 Å². The number of aromatic amines is 1. The van der Waals surface area contributed by atoms with Crippen molar-refractivity contribution in [2.75, 3.05) is 5.73 Å². The van der Waals surface area contributed by atoms with Gasteiger partial charge in [-0.05, 0) is 26.0 Å². The monoisotopic (exact) mass is 305 g/mol. The number of nitrogens with two attached hydrogens (primary N) is 1. The Bertz CT molecular complexity index is 847. The molecule has 0 aliphatic rings. The molecular weight excluding hydrogens is 292 g/mol. The van der Waals surface area contributed by atoms with Crippen molar-refractivity contribution in [3.05, 3.63) is 30.1 Å². The van der Waals surface area contributed by atoms with Crippen molar-refractivity contribution in [1.29, 1.82) is 0 Å². The van der Waals surface area contributed by atoms with Crippen molar-refractivity contribution < 1.29 is 13.5 Å². The van der Waals surface area contributed by atoms with E-state index in [-0.39, 0.29) is 34.6 Å². The SMILES string of the molecule is CC(C)Oc1ccc(-c2[nH]nc3ncnc(N)c23)c(F)c1F. The van der Waals surface area contributed by atoms with Gasteiger partial charge < -0.3 is 10.5 Å². The van der Waals surface area contributed by atoms with Crippen LogP contribution in [0.3, 0.4) is 0 Å². The topological polar surface area (TPSA) is 89.7 Å². The van der Waals surface area contributed by atoms with E-state index in [2.05, 4.69) is 20.2 Å². The van der Waals surface area contributed by atoms with Crippen LogP contribution < -0.4 is 10.5 Å². The zero-order chi connectivity index (χ0) is 15.9. The summed E-state index contributed by atoms with van der Waals surface area (Å²) in [4.78, 5) is 7.76. The minimum Gasteiger partial charge on any atom is -0.488 e. The zero-order valence-electron chi connectivity index (χ0n) is 11.9. The first-order chi connectivity index (χ1) is 10.5. The van der Waals surface area contributed by atoms with Crippen LogP contribution in [0.25, 0.3) is 22.3 Å². The molecule has 3 aromatic rings. The molecule has 0 fully saturated rings. The molecule has 3 N–H and O–H groups in total. The number of hydrogen-bond donors (Lipinski definition) is 2. The Kier molecular flexibility index (Phi) is 3.36. The Balaban J connectivity index is 2.17. The maximum absolute atomic E-state index is 14.4. The second-order valence-electron chi connectivity index (χ2n) is 4.96. The zero-order valence-corrected chi connectivity index (χ0v) is 11.9. The Labute approximate surface area is 124 Å². The van der Waals surface area contributed by atoms with Crippen LogP contribution in [-0.4, -0.2) is 26.3 Å². The van der Waals surface area contributed by atoms with Gasteiger partial charge in [-0.15, -0.1) is 0 Å². The van der Waals surface area contributed by atoms with Gasteiger partial charge in [0.2, 0.25) is 5.82 Å². The standard InChI is InChI=1S/C14H13F2N5O/c1-6(2)22-8-4-3-7(10(15)11(8)16)12-9-13(17)18-5-19-14(9)21-20-12/h3-6H,1-2H3,(H3,17,18,19,20,21). The van der Waals surface area contributed by atoms with Crippen LogP contribution >= 0.6 is 0 Å². The number of rotatable bonds is 3. The maximum atomic E-state index is 14.4. The predicted octanol–water partition coefficient (Wildman–Crippen LogP) is 2.67. The summed E-state index contributed by atoms with van der Waals surface area (Å²) >= 11 is 0. The first kappa shape index (κ1) is 14.2. The first-order valence-corrected chi connectivity index (χ1v) is 6.58. The molecule has 3 rings (SSSR count). The van der Waals surface area contributed by atoms with E-state index in [1.54, 1.807) is 13.8 Å². The van der Waals surface area contributed by atoms with Crippen LogP contribution in [0.4, 0.5) is 14.6 Å². The number of anilines is 1. The Morgan fingerprint density at radius 3 is 2.68 bits per heavy atom. The molecule has 0 atom stereocenters. The molecule has 2 heterocycles. The molecule has 0 spiro atoms. The van der Waals surface area contributed by atoms with E-state index in [9.17, 15) is 8.78 Å². The number of nitrogens with zero attached hydrogens (tertiary/aromatic N) is 3. The molecule has 0 unspecified atom stereocenters. The first-order valence-electron chi connectivity index (χ1n) is 6.58. The van der Waals surface area contributed by atoms with Crippen LogP contribution in [0, 0.1) is 11.6 Å². The lowest BCUT2D eigenvalue weighted by Gasteiger charge is -2.12. The van der Waals surface area contributed by atoms with Gasteiger partial charge in [0.25, 0.3) is 0 Å². The van der Waals surface area contributed by atoms with Crippen molar-refractivity contribution in [1.82, 2.24) is 20.2 Å². The van der Waals surface area contributed by atoms with Gasteiger partial charge in [-0.3, -0.25) is 5.10 Å². The smallest absolute Gasteiger partial charge is 0.201 e. The van der Waals surface area contributed by atoms with E-state index in [1.165, 1.54) is 18.5 Å². The van der Waals surface area contributed by atoms with E-state index in [0.29, 0.717) is 5.39 Å². The summed E-state index contributed by atoms with van der Waals surface area (Å²) in [6.45, 7) is 3.46. The minimum atomic E-state index is -1.07. The van der Waals surface area contributed by atoms with Crippen molar-refractivity contribution in [3.8, 4) is 17.0 Å². The molecule has 0 aliphatic heterocycles. The van der Waals surface area contributed by atoms with Gasteiger partial charge in [-0.25, -0.2) is 14.4 Å². The van der Waals surface area contributed by atoms with Crippen LogP contribution in [0.5, 0.6) is 5.75 Å². The number of halogens is 2. The molecule has 0 saturated carbocycles. The van der Waals surface area contributed by atoms with Gasteiger partial charge in [0, 0.05) is 5.56 Å². The minimum absolute atomic E-state index is 0.0161. The highest BCUT2D eigenvalue weighted by molar-refractivity contribution is 5.97. The normalized spacial score (nSPS) is 11.3. The third-order valence-corrected chi connectivity index (χ3v) is 3.06. The molecule has 1 aromatic carbocycles. The molecule has 0 saturated heterocycles. The summed E-state index contributed by atoms with van der Waals surface area (Å²) in [5.41, 5.74) is 6.26. The number of aromatic nitrogens is 4. The Morgan fingerprint density at radius 1 is 1.18 bits per heavy atom. The lowest BCUT2D eigenvalue weighted by molar-refractivity contribution is 0.228. The lowest BCUT2D eigenvalue weighted by atomic mass is 10.1. The fraction of sp³-hybridized carbons (Fsp3) is 0.214. The van der Waals surface area contributed by atoms with Crippen LogP contribution in [0.15, 0.2) is 18.5 Å². The van der Waals surface area contributed by atoms with Gasteiger partial charge >= 0.3 is 0 Å². The summed E-state index contributed by atoms with van der Waals surface area (Å²) < 4.78 is 33.7. The summed E-state index contributed by atoms with van der Waals surface area (Å²) in [6.07, 6.45) is 0.982. The molecule has 2 aromatic heterocycles. The van der Waals surface area contributed by atoms with E-state index in [4.69, 9.17) is 10.5 Å². The average Bonchev–Trinajstić information content (AvgIpc) is 2.89. The highest BCUT2D eigenvalue weighted by atomic mass is 19.2. The largest absolute Gasteiger partial charge is 0.488 e. The summed E-state index contributed by atoms with van der Waals surface area (Å²) in [5, 5.41) is 6.89. The summed E-state index contributed by atoms with van der Waals surface area (Å²) in [7, 11) is 0. The number of H-pyrrole nitrogens is 1. The van der Waals surface area contributed by atoms with Gasteiger partial charge in [0.15, 0.2) is 17.2 Å². The van der Waals surface area contributed by atoms with Crippen molar-refractivity contribution in [3.63, 3.8) is 0 Å². The van der Waals surface area contributed by atoms with Gasteiger partial charge in [0.1, 0.15) is 12.1 Å². The fourth-order valence-electron chi connectivity index (χ4n) is 2.14. The van der Waals surface area contributed by atoms with E-state index in [0.717, 1.165) is 0 Å². The lowest BCUT2D eigenvalue weighted by Crippen LogP contribution is -2.08. The van der Waals surface area contributed by atoms with Crippen LogP contribution in [-0.2, 0) is 0 Å². The second kappa shape index (κ2) is 5.21. The summed E-state index contributed by atoms with van der Waals surface area (Å²) in [6, 6.07) is 2.76. The van der Waals surface area contributed by atoms with Gasteiger partial charge in [0.05, 0.1) is 17.2 Å². The number of nitrogens with one attached hydrogen (secondary N) is 1. The van der Waals surface area contributed by atoms with Crippen molar-refractivity contribution in [2.24, 2.45) is 0 Å². The van der Waals surface area contributed by atoms with E-state index >= 15 is 0 Å². The molecule has 0 aliphatic carbocycles. The molecule has 0 radical (unpaired) electrons. The maximum Gasteiger partial charge on any atom is 0.201 e. The molecule has 114 valence electrons. The molecule has 6 nitrogen and oxygen atoms in total.